The number of carbonyl (C=O) groups excluding carboxylic acids is 1. The van der Waals surface area contributed by atoms with Gasteiger partial charge in [-0.1, -0.05) is 30.3 Å². The van der Waals surface area contributed by atoms with E-state index in [1.165, 1.54) is 11.9 Å². The minimum absolute atomic E-state index is 0.0685. The van der Waals surface area contributed by atoms with Gasteiger partial charge in [0.1, 0.15) is 12.7 Å². The lowest BCUT2D eigenvalue weighted by Crippen LogP contribution is -2.25. The summed E-state index contributed by atoms with van der Waals surface area (Å²) in [7, 11) is 0. The molecule has 2 aromatic carbocycles. The third-order valence-electron chi connectivity index (χ3n) is 3.35. The van der Waals surface area contributed by atoms with Gasteiger partial charge in [0.25, 0.3) is 5.91 Å². The zero-order valence-corrected chi connectivity index (χ0v) is 12.0. The molecule has 0 radical (unpaired) electrons. The summed E-state index contributed by atoms with van der Waals surface area (Å²) >= 11 is 0. The van der Waals surface area contributed by atoms with Crippen LogP contribution in [0.2, 0.25) is 0 Å². The molecule has 1 heterocycles. The standard InChI is InChI=1S/C17H16N4O/c22-17(19-11-10-14-4-2-1-3-5-14)15-6-8-16(9-7-15)21-13-18-12-20-21/h1-9,12-13H,10-11H2,(H,19,22). The van der Waals surface area contributed by atoms with E-state index in [-0.39, 0.29) is 5.91 Å². The lowest BCUT2D eigenvalue weighted by atomic mass is 10.1. The number of rotatable bonds is 5. The Labute approximate surface area is 128 Å². The second kappa shape index (κ2) is 6.67. The second-order valence-electron chi connectivity index (χ2n) is 4.88. The number of hydrogen-bond acceptors (Lipinski definition) is 3. The van der Waals surface area contributed by atoms with Crippen LogP contribution < -0.4 is 5.32 Å². The van der Waals surface area contributed by atoms with E-state index in [0.29, 0.717) is 12.1 Å². The van der Waals surface area contributed by atoms with Crippen molar-refractivity contribution in [2.45, 2.75) is 6.42 Å². The summed E-state index contributed by atoms with van der Waals surface area (Å²) in [6.07, 6.45) is 3.92. The molecule has 110 valence electrons. The normalized spacial score (nSPS) is 10.4. The van der Waals surface area contributed by atoms with Gasteiger partial charge in [-0.05, 0) is 36.2 Å². The van der Waals surface area contributed by atoms with Gasteiger partial charge in [0.05, 0.1) is 5.69 Å². The van der Waals surface area contributed by atoms with Crippen LogP contribution in [0.15, 0.2) is 67.3 Å². The van der Waals surface area contributed by atoms with Crippen LogP contribution in [-0.2, 0) is 6.42 Å². The Morgan fingerprint density at radius 3 is 2.50 bits per heavy atom. The van der Waals surface area contributed by atoms with Crippen molar-refractivity contribution in [1.29, 1.82) is 0 Å². The van der Waals surface area contributed by atoms with Crippen molar-refractivity contribution in [2.75, 3.05) is 6.54 Å². The van der Waals surface area contributed by atoms with Gasteiger partial charge in [-0.2, -0.15) is 5.10 Å². The molecule has 22 heavy (non-hydrogen) atoms. The number of hydrogen-bond donors (Lipinski definition) is 1. The van der Waals surface area contributed by atoms with Crippen LogP contribution in [0, 0.1) is 0 Å². The highest BCUT2D eigenvalue weighted by atomic mass is 16.1. The van der Waals surface area contributed by atoms with E-state index in [2.05, 4.69) is 27.5 Å². The van der Waals surface area contributed by atoms with Crippen molar-refractivity contribution in [3.05, 3.63) is 78.4 Å². The predicted octanol–water partition coefficient (Wildman–Crippen LogP) is 2.24. The lowest BCUT2D eigenvalue weighted by Gasteiger charge is -2.06. The first kappa shape index (κ1) is 14.0. The first-order chi connectivity index (χ1) is 10.8. The molecule has 1 aromatic heterocycles. The molecule has 0 aliphatic heterocycles. The molecule has 0 spiro atoms. The van der Waals surface area contributed by atoms with E-state index < -0.39 is 0 Å². The fourth-order valence-electron chi connectivity index (χ4n) is 2.17. The predicted molar refractivity (Wildman–Crippen MR) is 83.8 cm³/mol. The highest BCUT2D eigenvalue weighted by molar-refractivity contribution is 5.94. The van der Waals surface area contributed by atoms with Crippen molar-refractivity contribution in [2.24, 2.45) is 0 Å². The summed E-state index contributed by atoms with van der Waals surface area (Å²) < 4.78 is 1.65. The van der Waals surface area contributed by atoms with Crippen LogP contribution in [0.1, 0.15) is 15.9 Å². The summed E-state index contributed by atoms with van der Waals surface area (Å²) in [4.78, 5) is 16.0. The minimum atomic E-state index is -0.0685. The number of aromatic nitrogens is 3. The van der Waals surface area contributed by atoms with E-state index in [1.54, 1.807) is 23.1 Å². The minimum Gasteiger partial charge on any atom is -0.352 e. The zero-order chi connectivity index (χ0) is 15.2. The number of nitrogens with one attached hydrogen (secondary N) is 1. The number of nitrogens with zero attached hydrogens (tertiary/aromatic N) is 3. The molecule has 5 heteroatoms. The monoisotopic (exact) mass is 292 g/mol. The van der Waals surface area contributed by atoms with E-state index in [0.717, 1.165) is 12.1 Å². The van der Waals surface area contributed by atoms with Crippen molar-refractivity contribution in [3.8, 4) is 5.69 Å². The van der Waals surface area contributed by atoms with Gasteiger partial charge in [0.2, 0.25) is 0 Å². The smallest absolute Gasteiger partial charge is 0.251 e. The molecule has 0 fully saturated rings. The molecular formula is C17H16N4O. The fourth-order valence-corrected chi connectivity index (χ4v) is 2.17. The van der Waals surface area contributed by atoms with Gasteiger partial charge < -0.3 is 5.32 Å². The molecule has 1 amide bonds. The van der Waals surface area contributed by atoms with E-state index in [1.807, 2.05) is 30.3 Å². The number of amides is 1. The van der Waals surface area contributed by atoms with Crippen LogP contribution in [0.25, 0.3) is 5.69 Å². The molecule has 1 N–H and O–H groups in total. The van der Waals surface area contributed by atoms with Crippen molar-refractivity contribution in [1.82, 2.24) is 20.1 Å². The van der Waals surface area contributed by atoms with E-state index in [4.69, 9.17) is 0 Å². The van der Waals surface area contributed by atoms with E-state index >= 15 is 0 Å². The van der Waals surface area contributed by atoms with Crippen molar-refractivity contribution < 1.29 is 4.79 Å². The molecule has 5 nitrogen and oxygen atoms in total. The number of carbonyl (C=O) groups is 1. The van der Waals surface area contributed by atoms with Crippen LogP contribution in [-0.4, -0.2) is 27.2 Å². The Hall–Kier alpha value is -2.95. The summed E-state index contributed by atoms with van der Waals surface area (Å²) in [6.45, 7) is 0.619. The molecule has 0 aliphatic rings. The Bertz CT molecular complexity index is 721. The Morgan fingerprint density at radius 1 is 1.05 bits per heavy atom. The largest absolute Gasteiger partial charge is 0.352 e. The molecule has 0 bridgehead atoms. The van der Waals surface area contributed by atoms with Crippen LogP contribution in [0.5, 0.6) is 0 Å². The summed E-state index contributed by atoms with van der Waals surface area (Å²) in [5.74, 6) is -0.0685. The zero-order valence-electron chi connectivity index (χ0n) is 12.0. The quantitative estimate of drug-likeness (QED) is 0.784. The van der Waals surface area contributed by atoms with E-state index in [9.17, 15) is 4.79 Å². The second-order valence-corrected chi connectivity index (χ2v) is 4.88. The molecule has 0 saturated heterocycles. The first-order valence-electron chi connectivity index (χ1n) is 7.10. The third kappa shape index (κ3) is 3.38. The van der Waals surface area contributed by atoms with Crippen molar-refractivity contribution in [3.63, 3.8) is 0 Å². The first-order valence-corrected chi connectivity index (χ1v) is 7.10. The molecule has 0 saturated carbocycles. The van der Waals surface area contributed by atoms with Gasteiger partial charge in [-0.3, -0.25) is 4.79 Å². The Balaban J connectivity index is 1.56. The molecule has 3 aromatic rings. The highest BCUT2D eigenvalue weighted by Crippen LogP contribution is 2.08. The maximum Gasteiger partial charge on any atom is 0.251 e. The summed E-state index contributed by atoms with van der Waals surface area (Å²) in [5, 5.41) is 6.98. The molecule has 0 atom stereocenters. The van der Waals surface area contributed by atoms with Crippen LogP contribution in [0.3, 0.4) is 0 Å². The maximum atomic E-state index is 12.1. The third-order valence-corrected chi connectivity index (χ3v) is 3.35. The van der Waals surface area contributed by atoms with Gasteiger partial charge in [0, 0.05) is 12.1 Å². The lowest BCUT2D eigenvalue weighted by molar-refractivity contribution is 0.0954. The van der Waals surface area contributed by atoms with Gasteiger partial charge in [0.15, 0.2) is 0 Å². The molecule has 0 aliphatic carbocycles. The molecular weight excluding hydrogens is 276 g/mol. The van der Waals surface area contributed by atoms with Crippen LogP contribution >= 0.6 is 0 Å². The van der Waals surface area contributed by atoms with Gasteiger partial charge in [-0.25, -0.2) is 9.67 Å². The highest BCUT2D eigenvalue weighted by Gasteiger charge is 2.05. The Morgan fingerprint density at radius 2 is 1.82 bits per heavy atom. The van der Waals surface area contributed by atoms with Crippen LogP contribution in [0.4, 0.5) is 0 Å². The van der Waals surface area contributed by atoms with Crippen molar-refractivity contribution >= 4 is 5.91 Å². The molecule has 3 rings (SSSR count). The average Bonchev–Trinajstić information content (AvgIpc) is 3.10. The average molecular weight is 292 g/mol. The molecule has 0 unspecified atom stereocenters. The Kier molecular flexibility index (Phi) is 4.25. The van der Waals surface area contributed by atoms with Gasteiger partial charge >= 0.3 is 0 Å². The fraction of sp³-hybridized carbons (Fsp3) is 0.118. The maximum absolute atomic E-state index is 12.1. The SMILES string of the molecule is O=C(NCCc1ccccc1)c1ccc(-n2cncn2)cc1. The summed E-state index contributed by atoms with van der Waals surface area (Å²) in [6, 6.07) is 17.4. The van der Waals surface area contributed by atoms with Gasteiger partial charge in [-0.15, -0.1) is 0 Å². The topological polar surface area (TPSA) is 59.8 Å². The number of benzene rings is 2. The summed E-state index contributed by atoms with van der Waals surface area (Å²) in [5.41, 5.74) is 2.72.